The molecule has 0 bridgehead atoms. The minimum atomic E-state index is -5.08. The van der Waals surface area contributed by atoms with Crippen LogP contribution in [0.5, 0.6) is 0 Å². The molecular formula is C20H18F6N4O4S. The number of carboxylic acid groups (broad SMARTS) is 1. The molecule has 5 N–H and O–H groups in total. The van der Waals surface area contributed by atoms with E-state index in [0.29, 0.717) is 21.7 Å². The molecule has 1 unspecified atom stereocenters. The van der Waals surface area contributed by atoms with Gasteiger partial charge < -0.3 is 21.1 Å². The summed E-state index contributed by atoms with van der Waals surface area (Å²) in [4.78, 5) is 22.3. The van der Waals surface area contributed by atoms with E-state index in [0.717, 1.165) is 17.1 Å². The van der Waals surface area contributed by atoms with Crippen molar-refractivity contribution < 1.29 is 46.5 Å². The normalized spacial score (nSPS) is 13.5. The van der Waals surface area contributed by atoms with Crippen LogP contribution in [-0.4, -0.2) is 55.2 Å². The highest BCUT2D eigenvalue weighted by atomic mass is 32.1. The molecule has 1 aromatic carbocycles. The first kappa shape index (κ1) is 27.9. The number of hydrogen-bond donors (Lipinski definition) is 4. The number of nitrogens with two attached hydrogens (primary N) is 1. The van der Waals surface area contributed by atoms with Gasteiger partial charge in [0.05, 0.1) is 28.4 Å². The van der Waals surface area contributed by atoms with E-state index in [9.17, 15) is 36.6 Å². The number of rotatable bonds is 4. The van der Waals surface area contributed by atoms with Crippen LogP contribution < -0.4 is 5.73 Å². The Morgan fingerprint density at radius 2 is 1.69 bits per heavy atom. The number of thiazole rings is 1. The number of hydrogen-bond acceptors (Lipinski definition) is 8. The highest BCUT2D eigenvalue weighted by molar-refractivity contribution is 7.15. The minimum absolute atomic E-state index is 0.170. The van der Waals surface area contributed by atoms with E-state index in [1.165, 1.54) is 23.6 Å². The third-order valence-corrected chi connectivity index (χ3v) is 5.51. The third kappa shape index (κ3) is 6.23. The highest BCUT2D eigenvalue weighted by Gasteiger charge is 2.54. The number of carboxylic acids is 1. The molecule has 1 atom stereocenters. The van der Waals surface area contributed by atoms with Crippen LogP contribution in [0.15, 0.2) is 30.6 Å². The first-order valence-corrected chi connectivity index (χ1v) is 10.2. The summed E-state index contributed by atoms with van der Waals surface area (Å²) in [6.07, 6.45) is -7.18. The fraction of sp³-hybridized carbons (Fsp3) is 0.300. The third-order valence-electron chi connectivity index (χ3n) is 4.59. The summed E-state index contributed by atoms with van der Waals surface area (Å²) >= 11 is 1.36. The monoisotopic (exact) mass is 524 g/mol. The van der Waals surface area contributed by atoms with Crippen LogP contribution in [0.3, 0.4) is 0 Å². The lowest BCUT2D eigenvalue weighted by Gasteiger charge is -2.29. The number of halogens is 6. The number of aliphatic carboxylic acids is 1. The maximum Gasteiger partial charge on any atom is 0.490 e. The molecule has 3 rings (SSSR count). The van der Waals surface area contributed by atoms with Crippen LogP contribution in [0.4, 0.5) is 32.2 Å². The van der Waals surface area contributed by atoms with Gasteiger partial charge in [0.25, 0.3) is 0 Å². The quantitative estimate of drug-likeness (QED) is 0.377. The maximum absolute atomic E-state index is 13.3. The van der Waals surface area contributed by atoms with Crippen LogP contribution >= 0.6 is 11.3 Å². The van der Waals surface area contributed by atoms with Crippen LogP contribution in [-0.2, 0) is 10.4 Å². The van der Waals surface area contributed by atoms with Gasteiger partial charge in [-0.25, -0.2) is 19.7 Å². The van der Waals surface area contributed by atoms with E-state index in [1.54, 1.807) is 13.1 Å². The van der Waals surface area contributed by atoms with Crippen molar-refractivity contribution >= 4 is 23.1 Å². The number of alkyl halides is 6. The van der Waals surface area contributed by atoms with Gasteiger partial charge in [-0.1, -0.05) is 12.1 Å². The maximum atomic E-state index is 13.3. The SMILES string of the molecule is Cc1ncc(-c2nc(-c3cc(C(O)(CO)C(F)(F)F)ccc3C)cnc2N)s1.O=C(O)C(F)(F)F. The van der Waals surface area contributed by atoms with E-state index in [4.69, 9.17) is 15.6 Å². The van der Waals surface area contributed by atoms with Gasteiger partial charge >= 0.3 is 18.3 Å². The Hall–Kier alpha value is -3.30. The number of aromatic nitrogens is 3. The van der Waals surface area contributed by atoms with Gasteiger partial charge in [-0.15, -0.1) is 11.3 Å². The zero-order chi connectivity index (χ0) is 26.8. The first-order chi connectivity index (χ1) is 16.0. The molecule has 0 saturated carbocycles. The largest absolute Gasteiger partial charge is 0.490 e. The smallest absolute Gasteiger partial charge is 0.475 e. The Morgan fingerprint density at radius 3 is 2.14 bits per heavy atom. The predicted molar refractivity (Wildman–Crippen MR) is 113 cm³/mol. The fourth-order valence-electron chi connectivity index (χ4n) is 2.68. The highest BCUT2D eigenvalue weighted by Crippen LogP contribution is 2.40. The summed E-state index contributed by atoms with van der Waals surface area (Å²) in [6.45, 7) is 2.01. The molecule has 0 amide bonds. The number of anilines is 1. The van der Waals surface area contributed by atoms with Crippen molar-refractivity contribution in [3.63, 3.8) is 0 Å². The lowest BCUT2D eigenvalue weighted by molar-refractivity contribution is -0.277. The van der Waals surface area contributed by atoms with Crippen molar-refractivity contribution in [2.45, 2.75) is 31.8 Å². The van der Waals surface area contributed by atoms with Gasteiger partial charge in [-0.05, 0) is 31.0 Å². The Labute approximate surface area is 197 Å². The molecule has 15 heteroatoms. The number of aliphatic hydroxyl groups excluding tert-OH is 1. The van der Waals surface area contributed by atoms with Crippen molar-refractivity contribution in [1.29, 1.82) is 0 Å². The second kappa shape index (κ2) is 10.1. The molecule has 0 spiro atoms. The van der Waals surface area contributed by atoms with Gasteiger partial charge in [0, 0.05) is 11.8 Å². The van der Waals surface area contributed by atoms with Crippen molar-refractivity contribution in [3.8, 4) is 21.8 Å². The average molecular weight is 524 g/mol. The van der Waals surface area contributed by atoms with Crippen LogP contribution in [0.1, 0.15) is 16.1 Å². The molecule has 0 fully saturated rings. The molecule has 0 aliphatic carbocycles. The fourth-order valence-corrected chi connectivity index (χ4v) is 3.46. The van der Waals surface area contributed by atoms with Gasteiger partial charge in [0.2, 0.25) is 5.60 Å². The summed E-state index contributed by atoms with van der Waals surface area (Å²) in [5.74, 6) is -2.59. The van der Waals surface area contributed by atoms with Gasteiger partial charge in [-0.3, -0.25) is 0 Å². The zero-order valence-corrected chi connectivity index (χ0v) is 18.8. The first-order valence-electron chi connectivity index (χ1n) is 9.38. The average Bonchev–Trinajstić information content (AvgIpc) is 3.19. The molecule has 0 aliphatic rings. The Kier molecular flexibility index (Phi) is 8.09. The summed E-state index contributed by atoms with van der Waals surface area (Å²) in [6, 6.07) is 3.70. The molecular weight excluding hydrogens is 506 g/mol. The molecule has 0 aliphatic heterocycles. The zero-order valence-electron chi connectivity index (χ0n) is 17.9. The Bertz CT molecular complexity index is 1220. The molecule has 0 saturated heterocycles. The molecule has 190 valence electrons. The summed E-state index contributed by atoms with van der Waals surface area (Å²) in [7, 11) is 0. The van der Waals surface area contributed by atoms with Crippen molar-refractivity contribution in [3.05, 3.63) is 46.7 Å². The molecule has 8 nitrogen and oxygen atoms in total. The van der Waals surface area contributed by atoms with E-state index in [2.05, 4.69) is 15.0 Å². The van der Waals surface area contributed by atoms with Crippen LogP contribution in [0.25, 0.3) is 21.8 Å². The summed E-state index contributed by atoms with van der Waals surface area (Å²) in [5.41, 5.74) is 3.66. The van der Waals surface area contributed by atoms with Gasteiger partial charge in [0.1, 0.15) is 5.69 Å². The second-order valence-electron chi connectivity index (χ2n) is 7.08. The molecule has 2 heterocycles. The lowest BCUT2D eigenvalue weighted by Crippen LogP contribution is -2.45. The van der Waals surface area contributed by atoms with E-state index in [1.807, 2.05) is 6.92 Å². The van der Waals surface area contributed by atoms with Gasteiger partial charge in [-0.2, -0.15) is 26.3 Å². The molecule has 2 aromatic heterocycles. The van der Waals surface area contributed by atoms with Crippen LogP contribution in [0.2, 0.25) is 0 Å². The molecule has 0 radical (unpaired) electrons. The molecule has 3 aromatic rings. The molecule has 35 heavy (non-hydrogen) atoms. The number of aliphatic hydroxyl groups is 2. The van der Waals surface area contributed by atoms with E-state index >= 15 is 0 Å². The number of carbonyl (C=O) groups is 1. The number of nitrogen functional groups attached to an aromatic ring is 1. The van der Waals surface area contributed by atoms with Crippen molar-refractivity contribution in [2.75, 3.05) is 12.3 Å². The van der Waals surface area contributed by atoms with E-state index < -0.39 is 36.1 Å². The number of nitrogens with zero attached hydrogens (tertiary/aromatic N) is 3. The topological polar surface area (TPSA) is 142 Å². The van der Waals surface area contributed by atoms with Gasteiger partial charge in [0.15, 0.2) is 5.82 Å². The van der Waals surface area contributed by atoms with Crippen molar-refractivity contribution in [2.24, 2.45) is 0 Å². The Morgan fingerprint density at radius 1 is 1.09 bits per heavy atom. The summed E-state index contributed by atoms with van der Waals surface area (Å²) < 4.78 is 71.7. The van der Waals surface area contributed by atoms with Crippen LogP contribution in [0, 0.1) is 13.8 Å². The Balaban J connectivity index is 0.000000540. The number of benzene rings is 1. The predicted octanol–water partition coefficient (Wildman–Crippen LogP) is 3.84. The number of aryl methyl sites for hydroxylation is 2. The minimum Gasteiger partial charge on any atom is -0.475 e. The lowest BCUT2D eigenvalue weighted by atomic mass is 9.90. The second-order valence-corrected chi connectivity index (χ2v) is 8.32. The summed E-state index contributed by atoms with van der Waals surface area (Å²) in [5, 5.41) is 27.2. The van der Waals surface area contributed by atoms with E-state index in [-0.39, 0.29) is 11.5 Å². The standard InChI is InChI=1S/C18H17F3N4O2S.C2HF3O2/c1-9-3-4-11(17(27,8-26)18(19,20)21)5-12(9)13-6-24-16(22)15(25-13)14-7-23-10(2)28-14;3-2(4,5)1(6)7/h3-7,26-27H,8H2,1-2H3,(H2,22,24);(H,6,7). The van der Waals surface area contributed by atoms with Crippen molar-refractivity contribution in [1.82, 2.24) is 15.0 Å².